The average Bonchev–Trinajstić information content (AvgIpc) is 3.76. The number of rotatable bonds is 25. The molecular weight excluding hydrogens is 913 g/mol. The Kier molecular flexibility index (Phi) is 20.4. The fourth-order valence-electron chi connectivity index (χ4n) is 8.38. The molecule has 3 aliphatic heterocycles. The second-order valence-electron chi connectivity index (χ2n) is 22.2. The Morgan fingerprint density at radius 2 is 1.48 bits per heavy atom. The van der Waals surface area contributed by atoms with Gasteiger partial charge >= 0.3 is 0 Å². The van der Waals surface area contributed by atoms with Crippen LogP contribution in [0.2, 0.25) is 36.3 Å². The van der Waals surface area contributed by atoms with E-state index in [0.717, 1.165) is 43.1 Å². The van der Waals surface area contributed by atoms with Crippen LogP contribution < -0.4 is 0 Å². The molecule has 0 aliphatic carbocycles. The first-order chi connectivity index (χ1) is 30.4. The molecule has 66 heavy (non-hydrogen) atoms. The van der Waals surface area contributed by atoms with Gasteiger partial charge in [-0.25, -0.2) is 8.42 Å². The zero-order valence-electron chi connectivity index (χ0n) is 42.5. The van der Waals surface area contributed by atoms with Gasteiger partial charge in [-0.1, -0.05) is 80.3 Å². The van der Waals surface area contributed by atoms with Crippen molar-refractivity contribution in [2.75, 3.05) is 31.8 Å². The highest BCUT2D eigenvalue weighted by Crippen LogP contribution is 2.42. The SMILES string of the molecule is C=C(C[C@@H](CC[C@@H]1O[C@@H](CCC2OCCCO2)CC1=C)OS(C)(=O)=O)C(=C)C(O)C[C@@H]1O[C@H](CC(CO[Si](C)(C)C(C)(C)C)O[Si](C)(C)C(C)(C)C)C[C@H]1CS(=O)(=O)c1ccc(CC)cc1. The van der Waals surface area contributed by atoms with E-state index in [0.29, 0.717) is 63.1 Å². The molecule has 12 nitrogen and oxygen atoms in total. The van der Waals surface area contributed by atoms with Gasteiger partial charge in [0.1, 0.15) is 0 Å². The van der Waals surface area contributed by atoms with Crippen LogP contribution in [0.5, 0.6) is 0 Å². The van der Waals surface area contributed by atoms with Gasteiger partial charge < -0.3 is 32.9 Å². The van der Waals surface area contributed by atoms with Gasteiger partial charge in [0.25, 0.3) is 10.1 Å². The average molecular weight is 1000 g/mol. The van der Waals surface area contributed by atoms with Gasteiger partial charge in [0, 0.05) is 25.2 Å². The van der Waals surface area contributed by atoms with Crippen molar-refractivity contribution in [1.29, 1.82) is 0 Å². The van der Waals surface area contributed by atoms with Crippen LogP contribution in [0.4, 0.5) is 0 Å². The Bertz CT molecular complexity index is 1980. The summed E-state index contributed by atoms with van der Waals surface area (Å²) in [5.74, 6) is -0.598. The molecule has 1 N–H and O–H groups in total. The summed E-state index contributed by atoms with van der Waals surface area (Å²) in [7, 11) is -12.0. The van der Waals surface area contributed by atoms with Crippen molar-refractivity contribution < 1.29 is 53.9 Å². The van der Waals surface area contributed by atoms with Crippen LogP contribution in [-0.2, 0) is 58.4 Å². The first kappa shape index (κ1) is 57.0. The summed E-state index contributed by atoms with van der Waals surface area (Å²) in [6.45, 7) is 38.7. The van der Waals surface area contributed by atoms with Crippen LogP contribution in [0.25, 0.3) is 0 Å². The molecule has 1 aromatic rings. The zero-order chi connectivity index (χ0) is 49.5. The molecule has 378 valence electrons. The number of hydrogen-bond donors (Lipinski definition) is 1. The van der Waals surface area contributed by atoms with E-state index >= 15 is 0 Å². The summed E-state index contributed by atoms with van der Waals surface area (Å²) < 4.78 is 97.0. The molecule has 0 aromatic heterocycles. The Labute approximate surface area is 401 Å². The Morgan fingerprint density at radius 3 is 2.06 bits per heavy atom. The van der Waals surface area contributed by atoms with E-state index < -0.39 is 60.8 Å². The molecule has 4 rings (SSSR count). The maximum absolute atomic E-state index is 14.1. The minimum absolute atomic E-state index is 0.00134. The minimum atomic E-state index is -3.85. The monoisotopic (exact) mass is 999 g/mol. The normalized spacial score (nSPS) is 24.4. The van der Waals surface area contributed by atoms with Crippen LogP contribution in [0.3, 0.4) is 0 Å². The first-order valence-corrected chi connectivity index (χ1v) is 33.5. The molecule has 2 unspecified atom stereocenters. The number of ether oxygens (including phenoxy) is 4. The molecule has 1 aromatic carbocycles. The van der Waals surface area contributed by atoms with E-state index in [4.69, 9.17) is 32.0 Å². The van der Waals surface area contributed by atoms with Crippen molar-refractivity contribution in [3.05, 3.63) is 66.3 Å². The molecule has 0 bridgehead atoms. The lowest BCUT2D eigenvalue weighted by molar-refractivity contribution is -0.184. The summed E-state index contributed by atoms with van der Waals surface area (Å²) >= 11 is 0. The van der Waals surface area contributed by atoms with Gasteiger partial charge in [0.05, 0.1) is 79.5 Å². The Balaban J connectivity index is 1.49. The highest BCUT2D eigenvalue weighted by Gasteiger charge is 2.45. The van der Waals surface area contributed by atoms with E-state index in [1.165, 1.54) is 0 Å². The number of aliphatic hydroxyl groups excluding tert-OH is 1. The maximum atomic E-state index is 14.1. The van der Waals surface area contributed by atoms with Crippen molar-refractivity contribution in [3.63, 3.8) is 0 Å². The summed E-state index contributed by atoms with van der Waals surface area (Å²) in [5, 5.41) is 11.8. The maximum Gasteiger partial charge on any atom is 0.264 e. The van der Waals surface area contributed by atoms with Crippen LogP contribution in [0, 0.1) is 5.92 Å². The number of benzene rings is 1. The van der Waals surface area contributed by atoms with Crippen molar-refractivity contribution in [2.45, 2.75) is 209 Å². The number of aryl methyl sites for hydroxylation is 1. The van der Waals surface area contributed by atoms with Gasteiger partial charge in [0.15, 0.2) is 32.8 Å². The molecule has 3 heterocycles. The van der Waals surface area contributed by atoms with Gasteiger partial charge in [-0.3, -0.25) is 4.18 Å². The summed E-state index contributed by atoms with van der Waals surface area (Å²) in [6, 6.07) is 7.04. The fourth-order valence-corrected chi connectivity index (χ4v) is 13.1. The molecule has 3 aliphatic rings. The second kappa shape index (κ2) is 23.6. The fraction of sp³-hybridized carbons (Fsp3) is 0.760. The summed E-state index contributed by atoms with van der Waals surface area (Å²) in [6.07, 6.45) is 3.16. The molecule has 8 atom stereocenters. The minimum Gasteiger partial charge on any atom is -0.414 e. The van der Waals surface area contributed by atoms with Crippen LogP contribution in [-0.4, -0.2) is 119 Å². The van der Waals surface area contributed by atoms with Gasteiger partial charge in [-0.05, 0) is 122 Å². The molecule has 0 spiro atoms. The lowest BCUT2D eigenvalue weighted by atomic mass is 9.90. The van der Waals surface area contributed by atoms with Crippen molar-refractivity contribution >= 4 is 36.6 Å². The van der Waals surface area contributed by atoms with Gasteiger partial charge in [0.2, 0.25) is 0 Å². The van der Waals surface area contributed by atoms with Crippen LogP contribution in [0.1, 0.15) is 118 Å². The zero-order valence-corrected chi connectivity index (χ0v) is 46.1. The van der Waals surface area contributed by atoms with E-state index in [-0.39, 0.29) is 64.3 Å². The van der Waals surface area contributed by atoms with Crippen molar-refractivity contribution in [2.24, 2.45) is 5.92 Å². The lowest BCUT2D eigenvalue weighted by Gasteiger charge is -2.42. The molecular formula is C50H86O12S2Si2. The third-order valence-corrected chi connectivity index (χ3v) is 26.1. The molecule has 0 radical (unpaired) electrons. The van der Waals surface area contributed by atoms with Crippen LogP contribution in [0.15, 0.2) is 65.6 Å². The predicted octanol–water partition coefficient (Wildman–Crippen LogP) is 10.2. The van der Waals surface area contributed by atoms with E-state index in [1.54, 1.807) is 12.1 Å². The van der Waals surface area contributed by atoms with Crippen LogP contribution >= 0.6 is 0 Å². The lowest BCUT2D eigenvalue weighted by Crippen LogP contribution is -2.48. The van der Waals surface area contributed by atoms with E-state index in [2.05, 4.69) is 87.5 Å². The predicted molar refractivity (Wildman–Crippen MR) is 269 cm³/mol. The Hall–Kier alpha value is -1.55. The molecule has 3 fully saturated rings. The molecule has 3 saturated heterocycles. The number of hydrogen-bond acceptors (Lipinski definition) is 12. The van der Waals surface area contributed by atoms with Crippen molar-refractivity contribution in [1.82, 2.24) is 0 Å². The largest absolute Gasteiger partial charge is 0.414 e. The topological polar surface area (TPSA) is 153 Å². The summed E-state index contributed by atoms with van der Waals surface area (Å²) in [5.41, 5.74) is 2.75. The third-order valence-electron chi connectivity index (χ3n) is 14.6. The third kappa shape index (κ3) is 17.1. The summed E-state index contributed by atoms with van der Waals surface area (Å²) in [4.78, 5) is 0.254. The smallest absolute Gasteiger partial charge is 0.264 e. The second-order valence-corrected chi connectivity index (χ2v) is 35.4. The molecule has 0 amide bonds. The first-order valence-electron chi connectivity index (χ1n) is 24.2. The number of aliphatic hydroxyl groups is 1. The molecule has 0 saturated carbocycles. The molecule has 16 heteroatoms. The highest BCUT2D eigenvalue weighted by atomic mass is 32.2. The standard InChI is InChI=1S/C50H86O12S2Si2/c1-16-38-18-22-44(23-19-38)64(54,55)34-39-30-42(31-43(62-66(14,15)50(8,9)10)33-58-65(12,13)49(5,6)7)60-47(39)32-45(51)37(4)35(2)28-41(61-63(11,52)53)20-24-46-36(3)29-40(59-46)21-25-48-56-26-17-27-57-48/h18-19,22-23,39-43,45-48,51H,2-4,16-17,20-21,24-34H2,1,5-15H3/t39-,40-,41+,42-,43?,45?,46-,47-/m0/s1. The quantitative estimate of drug-likeness (QED) is 0.0429. The van der Waals surface area contributed by atoms with Gasteiger partial charge in [-0.2, -0.15) is 8.42 Å². The van der Waals surface area contributed by atoms with Gasteiger partial charge in [-0.15, -0.1) is 0 Å². The Morgan fingerprint density at radius 1 is 0.864 bits per heavy atom. The van der Waals surface area contributed by atoms with E-state index in [9.17, 15) is 21.9 Å². The highest BCUT2D eigenvalue weighted by molar-refractivity contribution is 7.91. The number of sulfone groups is 1. The van der Waals surface area contributed by atoms with E-state index in [1.807, 2.05) is 19.1 Å². The van der Waals surface area contributed by atoms with Crippen molar-refractivity contribution in [3.8, 4) is 0 Å².